The van der Waals surface area contributed by atoms with Gasteiger partial charge < -0.3 is 9.67 Å². The molecule has 104 valence electrons. The summed E-state index contributed by atoms with van der Waals surface area (Å²) in [6.45, 7) is 5.25. The van der Waals surface area contributed by atoms with Crippen molar-refractivity contribution in [2.24, 2.45) is 0 Å². The van der Waals surface area contributed by atoms with E-state index in [9.17, 15) is 5.11 Å². The van der Waals surface area contributed by atoms with E-state index in [0.29, 0.717) is 0 Å². The SMILES string of the molecule is CCCCCn1c([C@H](O)CCC)nc2ccccc21. The van der Waals surface area contributed by atoms with E-state index in [1.807, 2.05) is 18.2 Å². The van der Waals surface area contributed by atoms with Crippen molar-refractivity contribution in [1.82, 2.24) is 9.55 Å². The van der Waals surface area contributed by atoms with Gasteiger partial charge in [0, 0.05) is 6.54 Å². The van der Waals surface area contributed by atoms with E-state index < -0.39 is 6.10 Å². The van der Waals surface area contributed by atoms with E-state index in [-0.39, 0.29) is 0 Å². The normalized spacial score (nSPS) is 13.0. The molecule has 19 heavy (non-hydrogen) atoms. The summed E-state index contributed by atoms with van der Waals surface area (Å²) in [6.07, 6.45) is 4.87. The van der Waals surface area contributed by atoms with E-state index in [1.165, 1.54) is 12.8 Å². The molecule has 3 heteroatoms. The van der Waals surface area contributed by atoms with Crippen LogP contribution in [0.5, 0.6) is 0 Å². The quantitative estimate of drug-likeness (QED) is 0.762. The van der Waals surface area contributed by atoms with Crippen molar-refractivity contribution >= 4 is 11.0 Å². The molecular weight excluding hydrogens is 236 g/mol. The van der Waals surface area contributed by atoms with Gasteiger partial charge in [0.15, 0.2) is 0 Å². The highest BCUT2D eigenvalue weighted by Gasteiger charge is 2.16. The number of hydrogen-bond acceptors (Lipinski definition) is 2. The number of rotatable bonds is 7. The first-order chi connectivity index (χ1) is 9.27. The van der Waals surface area contributed by atoms with Gasteiger partial charge in [-0.1, -0.05) is 45.2 Å². The fraction of sp³-hybridized carbons (Fsp3) is 0.562. The molecule has 0 spiro atoms. The largest absolute Gasteiger partial charge is 0.385 e. The highest BCUT2D eigenvalue weighted by molar-refractivity contribution is 5.76. The number of imidazole rings is 1. The highest BCUT2D eigenvalue weighted by Crippen LogP contribution is 2.24. The third-order valence-electron chi connectivity index (χ3n) is 3.53. The summed E-state index contributed by atoms with van der Waals surface area (Å²) in [5.74, 6) is 0.833. The zero-order chi connectivity index (χ0) is 13.7. The molecule has 0 fully saturated rings. The first-order valence-electron chi connectivity index (χ1n) is 7.41. The second kappa shape index (κ2) is 6.71. The van der Waals surface area contributed by atoms with Crippen molar-refractivity contribution in [3.8, 4) is 0 Å². The number of aromatic nitrogens is 2. The molecule has 1 heterocycles. The minimum atomic E-state index is -0.445. The van der Waals surface area contributed by atoms with Crippen LogP contribution in [0.2, 0.25) is 0 Å². The Bertz CT molecular complexity index is 518. The topological polar surface area (TPSA) is 38.0 Å². The first kappa shape index (κ1) is 14.1. The molecule has 3 nitrogen and oxygen atoms in total. The highest BCUT2D eigenvalue weighted by atomic mass is 16.3. The van der Waals surface area contributed by atoms with Gasteiger partial charge in [-0.15, -0.1) is 0 Å². The first-order valence-corrected chi connectivity index (χ1v) is 7.41. The molecule has 0 aliphatic rings. The minimum absolute atomic E-state index is 0.445. The van der Waals surface area contributed by atoms with Crippen LogP contribution in [0.4, 0.5) is 0 Å². The lowest BCUT2D eigenvalue weighted by atomic mass is 10.2. The van der Waals surface area contributed by atoms with Crippen LogP contribution in [0.25, 0.3) is 11.0 Å². The summed E-state index contributed by atoms with van der Waals surface area (Å²) in [5, 5.41) is 10.3. The molecule has 1 N–H and O–H groups in total. The number of aryl methyl sites for hydroxylation is 1. The van der Waals surface area contributed by atoms with Gasteiger partial charge in [0.1, 0.15) is 11.9 Å². The van der Waals surface area contributed by atoms with Gasteiger partial charge in [-0.05, 0) is 25.0 Å². The number of benzene rings is 1. The Labute approximate surface area is 115 Å². The standard InChI is InChI=1S/C16H24N2O/c1-3-5-8-12-18-14-11-7-6-10-13(14)17-16(18)15(19)9-4-2/h6-7,10-11,15,19H,3-5,8-9,12H2,1-2H3/t15-/m1/s1. The Kier molecular flexibility index (Phi) is 4.97. The van der Waals surface area contributed by atoms with Crippen molar-refractivity contribution in [1.29, 1.82) is 0 Å². The maximum Gasteiger partial charge on any atom is 0.138 e. The molecule has 0 amide bonds. The lowest BCUT2D eigenvalue weighted by Crippen LogP contribution is -2.09. The van der Waals surface area contributed by atoms with Crippen molar-refractivity contribution in [2.75, 3.05) is 0 Å². The Morgan fingerprint density at radius 1 is 1.16 bits per heavy atom. The van der Waals surface area contributed by atoms with Gasteiger partial charge in [-0.3, -0.25) is 0 Å². The summed E-state index contributed by atoms with van der Waals surface area (Å²) in [5.41, 5.74) is 2.13. The fourth-order valence-electron chi connectivity index (χ4n) is 2.51. The summed E-state index contributed by atoms with van der Waals surface area (Å²) < 4.78 is 2.20. The molecule has 2 aromatic rings. The number of aliphatic hydroxyl groups excluding tert-OH is 1. The third kappa shape index (κ3) is 3.16. The predicted molar refractivity (Wildman–Crippen MR) is 79.1 cm³/mol. The smallest absolute Gasteiger partial charge is 0.138 e. The Balaban J connectivity index is 2.34. The lowest BCUT2D eigenvalue weighted by Gasteiger charge is -2.13. The monoisotopic (exact) mass is 260 g/mol. The van der Waals surface area contributed by atoms with Crippen LogP contribution in [-0.2, 0) is 6.54 Å². The van der Waals surface area contributed by atoms with Gasteiger partial charge >= 0.3 is 0 Å². The second-order valence-corrected chi connectivity index (χ2v) is 5.12. The second-order valence-electron chi connectivity index (χ2n) is 5.12. The molecule has 0 saturated carbocycles. The van der Waals surface area contributed by atoms with E-state index in [4.69, 9.17) is 0 Å². The van der Waals surface area contributed by atoms with E-state index >= 15 is 0 Å². The average molecular weight is 260 g/mol. The number of aliphatic hydroxyl groups is 1. The number of fused-ring (bicyclic) bond motifs is 1. The average Bonchev–Trinajstić information content (AvgIpc) is 2.79. The van der Waals surface area contributed by atoms with Crippen LogP contribution in [0.3, 0.4) is 0 Å². The van der Waals surface area contributed by atoms with Gasteiger partial charge in [0.05, 0.1) is 11.0 Å². The van der Waals surface area contributed by atoms with Crippen molar-refractivity contribution in [3.05, 3.63) is 30.1 Å². The molecule has 1 aromatic carbocycles. The molecular formula is C16H24N2O. The molecule has 0 aliphatic heterocycles. The Hall–Kier alpha value is -1.35. The molecule has 0 aliphatic carbocycles. The molecule has 2 rings (SSSR count). The molecule has 1 atom stereocenters. The zero-order valence-corrected chi connectivity index (χ0v) is 12.0. The number of hydrogen-bond donors (Lipinski definition) is 1. The summed E-state index contributed by atoms with van der Waals surface area (Å²) in [6, 6.07) is 8.16. The maximum atomic E-state index is 10.3. The van der Waals surface area contributed by atoms with Crippen molar-refractivity contribution in [2.45, 2.75) is 58.6 Å². The number of unbranched alkanes of at least 4 members (excludes halogenated alkanes) is 2. The van der Waals surface area contributed by atoms with Crippen LogP contribution in [0.1, 0.15) is 57.9 Å². The molecule has 1 aromatic heterocycles. The molecule has 0 unspecified atom stereocenters. The van der Waals surface area contributed by atoms with Crippen LogP contribution < -0.4 is 0 Å². The number of nitrogens with zero attached hydrogens (tertiary/aromatic N) is 2. The van der Waals surface area contributed by atoms with Crippen molar-refractivity contribution in [3.63, 3.8) is 0 Å². The Morgan fingerprint density at radius 3 is 2.68 bits per heavy atom. The Morgan fingerprint density at radius 2 is 1.95 bits per heavy atom. The lowest BCUT2D eigenvalue weighted by molar-refractivity contribution is 0.152. The van der Waals surface area contributed by atoms with Crippen LogP contribution >= 0.6 is 0 Å². The zero-order valence-electron chi connectivity index (χ0n) is 12.0. The predicted octanol–water partition coefficient (Wildman–Crippen LogP) is 4.06. The maximum absolute atomic E-state index is 10.3. The summed E-state index contributed by atoms with van der Waals surface area (Å²) in [4.78, 5) is 4.62. The summed E-state index contributed by atoms with van der Waals surface area (Å²) >= 11 is 0. The van der Waals surface area contributed by atoms with Crippen molar-refractivity contribution < 1.29 is 5.11 Å². The van der Waals surface area contributed by atoms with Crippen LogP contribution in [0.15, 0.2) is 24.3 Å². The molecule has 0 bridgehead atoms. The number of para-hydroxylation sites is 2. The van der Waals surface area contributed by atoms with Gasteiger partial charge in [0.2, 0.25) is 0 Å². The fourth-order valence-corrected chi connectivity index (χ4v) is 2.51. The molecule has 0 radical (unpaired) electrons. The van der Waals surface area contributed by atoms with Gasteiger partial charge in [-0.25, -0.2) is 4.98 Å². The van der Waals surface area contributed by atoms with E-state index in [0.717, 1.165) is 42.7 Å². The van der Waals surface area contributed by atoms with Crippen LogP contribution in [-0.4, -0.2) is 14.7 Å². The van der Waals surface area contributed by atoms with E-state index in [2.05, 4.69) is 29.5 Å². The molecule has 0 saturated heterocycles. The van der Waals surface area contributed by atoms with Crippen LogP contribution in [0, 0.1) is 0 Å². The summed E-state index contributed by atoms with van der Waals surface area (Å²) in [7, 11) is 0. The van der Waals surface area contributed by atoms with E-state index in [1.54, 1.807) is 0 Å². The third-order valence-corrected chi connectivity index (χ3v) is 3.53. The van der Waals surface area contributed by atoms with Gasteiger partial charge in [0.25, 0.3) is 0 Å². The minimum Gasteiger partial charge on any atom is -0.385 e. The van der Waals surface area contributed by atoms with Gasteiger partial charge in [-0.2, -0.15) is 0 Å².